The molecule has 104 valence electrons. The molecule has 2 rings (SSSR count). The van der Waals surface area contributed by atoms with Crippen LogP contribution in [0.5, 0.6) is 0 Å². The van der Waals surface area contributed by atoms with E-state index in [1.165, 1.54) is 23.7 Å². The van der Waals surface area contributed by atoms with Crippen molar-refractivity contribution in [3.63, 3.8) is 0 Å². The summed E-state index contributed by atoms with van der Waals surface area (Å²) in [6, 6.07) is 0.138. The highest BCUT2D eigenvalue weighted by molar-refractivity contribution is 6.03. The van der Waals surface area contributed by atoms with Gasteiger partial charge < -0.3 is 10.4 Å². The second-order valence-electron chi connectivity index (χ2n) is 5.03. The lowest BCUT2D eigenvalue weighted by atomic mass is 10.1. The molecule has 0 aromatic carbocycles. The highest BCUT2D eigenvalue weighted by atomic mass is 16.4. The normalized spacial score (nSPS) is 16.9. The zero-order valence-corrected chi connectivity index (χ0v) is 11.1. The molecular formula is C13H19N3O3. The summed E-state index contributed by atoms with van der Waals surface area (Å²) < 4.78 is 1.35. The molecule has 0 aliphatic heterocycles. The SMILES string of the molecule is Cn1cc(C(=O)O)c(C(=O)NC2CCCCCC2)n1. The Morgan fingerprint density at radius 3 is 2.53 bits per heavy atom. The van der Waals surface area contributed by atoms with Crippen molar-refractivity contribution in [2.45, 2.75) is 44.6 Å². The lowest BCUT2D eigenvalue weighted by molar-refractivity contribution is 0.0690. The van der Waals surface area contributed by atoms with Crippen LogP contribution in [0.1, 0.15) is 59.4 Å². The van der Waals surface area contributed by atoms with Crippen molar-refractivity contribution in [3.8, 4) is 0 Å². The van der Waals surface area contributed by atoms with E-state index < -0.39 is 5.97 Å². The molecule has 19 heavy (non-hydrogen) atoms. The van der Waals surface area contributed by atoms with Crippen LogP contribution in [0.3, 0.4) is 0 Å². The van der Waals surface area contributed by atoms with Crippen molar-refractivity contribution in [1.82, 2.24) is 15.1 Å². The summed E-state index contributed by atoms with van der Waals surface area (Å²) in [6.45, 7) is 0. The smallest absolute Gasteiger partial charge is 0.339 e. The zero-order valence-electron chi connectivity index (χ0n) is 11.1. The summed E-state index contributed by atoms with van der Waals surface area (Å²) >= 11 is 0. The van der Waals surface area contributed by atoms with E-state index in [-0.39, 0.29) is 23.2 Å². The molecule has 1 amide bonds. The van der Waals surface area contributed by atoms with Crippen LogP contribution in [0.2, 0.25) is 0 Å². The van der Waals surface area contributed by atoms with Crippen LogP contribution < -0.4 is 5.32 Å². The molecule has 0 atom stereocenters. The Bertz CT molecular complexity index is 473. The number of hydrogen-bond donors (Lipinski definition) is 2. The average molecular weight is 265 g/mol. The zero-order chi connectivity index (χ0) is 13.8. The molecule has 1 fully saturated rings. The first kappa shape index (κ1) is 13.6. The van der Waals surface area contributed by atoms with E-state index in [1.807, 2.05) is 0 Å². The Labute approximate surface area is 111 Å². The lowest BCUT2D eigenvalue weighted by Crippen LogP contribution is -2.35. The molecule has 1 saturated carbocycles. The van der Waals surface area contributed by atoms with E-state index in [9.17, 15) is 9.59 Å². The number of carbonyl (C=O) groups excluding carboxylic acids is 1. The number of nitrogens with one attached hydrogen (secondary N) is 1. The van der Waals surface area contributed by atoms with E-state index in [4.69, 9.17) is 5.11 Å². The van der Waals surface area contributed by atoms with Gasteiger partial charge >= 0.3 is 5.97 Å². The first-order valence-corrected chi connectivity index (χ1v) is 6.65. The average Bonchev–Trinajstić information content (AvgIpc) is 2.58. The molecule has 0 saturated heterocycles. The summed E-state index contributed by atoms with van der Waals surface area (Å²) in [6.07, 6.45) is 7.90. The molecule has 2 N–H and O–H groups in total. The van der Waals surface area contributed by atoms with Gasteiger partial charge in [-0.15, -0.1) is 0 Å². The number of aromatic carboxylic acids is 1. The van der Waals surface area contributed by atoms with Gasteiger partial charge in [-0.05, 0) is 12.8 Å². The molecule has 0 bridgehead atoms. The maximum absolute atomic E-state index is 12.1. The second-order valence-corrected chi connectivity index (χ2v) is 5.03. The first-order valence-electron chi connectivity index (χ1n) is 6.65. The maximum Gasteiger partial charge on any atom is 0.339 e. The summed E-state index contributed by atoms with van der Waals surface area (Å²) in [4.78, 5) is 23.2. The molecule has 0 spiro atoms. The molecule has 1 aromatic heterocycles. The minimum absolute atomic E-state index is 0.000697. The Morgan fingerprint density at radius 2 is 1.95 bits per heavy atom. The monoisotopic (exact) mass is 265 g/mol. The lowest BCUT2D eigenvalue weighted by Gasteiger charge is -2.15. The quantitative estimate of drug-likeness (QED) is 0.812. The van der Waals surface area contributed by atoms with Gasteiger partial charge in [-0.25, -0.2) is 4.79 Å². The Hall–Kier alpha value is -1.85. The largest absolute Gasteiger partial charge is 0.478 e. The van der Waals surface area contributed by atoms with Crippen molar-refractivity contribution >= 4 is 11.9 Å². The Kier molecular flexibility index (Phi) is 4.19. The first-order chi connectivity index (χ1) is 9.08. The van der Waals surface area contributed by atoms with Crippen LogP contribution >= 0.6 is 0 Å². The molecule has 6 nitrogen and oxygen atoms in total. The number of carboxylic acids is 1. The molecule has 0 radical (unpaired) electrons. The summed E-state index contributed by atoms with van der Waals surface area (Å²) in [5.74, 6) is -1.51. The van der Waals surface area contributed by atoms with Crippen LogP contribution in [-0.2, 0) is 7.05 Å². The highest BCUT2D eigenvalue weighted by Gasteiger charge is 2.23. The van der Waals surface area contributed by atoms with E-state index in [0.29, 0.717) is 0 Å². The second kappa shape index (κ2) is 5.86. The molecule has 1 aliphatic carbocycles. The van der Waals surface area contributed by atoms with Crippen LogP contribution in [0.4, 0.5) is 0 Å². The number of aryl methyl sites for hydroxylation is 1. The maximum atomic E-state index is 12.1. The van der Waals surface area contributed by atoms with Crippen molar-refractivity contribution < 1.29 is 14.7 Å². The van der Waals surface area contributed by atoms with Gasteiger partial charge in [0.1, 0.15) is 5.56 Å². The van der Waals surface area contributed by atoms with Crippen molar-refractivity contribution in [2.75, 3.05) is 0 Å². The third kappa shape index (κ3) is 3.33. The van der Waals surface area contributed by atoms with Crippen LogP contribution in [0.15, 0.2) is 6.20 Å². The van der Waals surface area contributed by atoms with E-state index in [2.05, 4.69) is 10.4 Å². The van der Waals surface area contributed by atoms with Crippen molar-refractivity contribution in [3.05, 3.63) is 17.5 Å². The fraction of sp³-hybridized carbons (Fsp3) is 0.615. The fourth-order valence-corrected chi connectivity index (χ4v) is 2.49. The van der Waals surface area contributed by atoms with Crippen LogP contribution in [0, 0.1) is 0 Å². The number of rotatable bonds is 3. The number of amides is 1. The van der Waals surface area contributed by atoms with Gasteiger partial charge in [0.05, 0.1) is 0 Å². The summed E-state index contributed by atoms with van der Waals surface area (Å²) in [5.41, 5.74) is -0.0483. The number of carboxylic acid groups (broad SMARTS) is 1. The van der Waals surface area contributed by atoms with E-state index >= 15 is 0 Å². The highest BCUT2D eigenvalue weighted by Crippen LogP contribution is 2.18. The van der Waals surface area contributed by atoms with E-state index in [0.717, 1.165) is 25.7 Å². The number of hydrogen-bond acceptors (Lipinski definition) is 3. The van der Waals surface area contributed by atoms with E-state index in [1.54, 1.807) is 7.05 Å². The Balaban J connectivity index is 2.08. The molecule has 0 unspecified atom stereocenters. The number of nitrogens with zero attached hydrogens (tertiary/aromatic N) is 2. The summed E-state index contributed by atoms with van der Waals surface area (Å²) in [7, 11) is 1.61. The number of aromatic nitrogens is 2. The minimum Gasteiger partial charge on any atom is -0.478 e. The van der Waals surface area contributed by atoms with Crippen LogP contribution in [0.25, 0.3) is 0 Å². The fourth-order valence-electron chi connectivity index (χ4n) is 2.49. The van der Waals surface area contributed by atoms with Gasteiger partial charge in [-0.2, -0.15) is 5.10 Å². The predicted molar refractivity (Wildman–Crippen MR) is 69.1 cm³/mol. The predicted octanol–water partition coefficient (Wildman–Crippen LogP) is 1.57. The van der Waals surface area contributed by atoms with Crippen molar-refractivity contribution in [1.29, 1.82) is 0 Å². The minimum atomic E-state index is -1.13. The van der Waals surface area contributed by atoms with Crippen molar-refractivity contribution in [2.24, 2.45) is 7.05 Å². The third-order valence-corrected chi connectivity index (χ3v) is 3.46. The molecule has 6 heteroatoms. The Morgan fingerprint density at radius 1 is 1.32 bits per heavy atom. The molecule has 1 heterocycles. The van der Waals surface area contributed by atoms with Gasteiger partial charge in [0.2, 0.25) is 0 Å². The third-order valence-electron chi connectivity index (χ3n) is 3.46. The molecule has 1 aromatic rings. The van der Waals surface area contributed by atoms with Gasteiger partial charge in [-0.1, -0.05) is 25.7 Å². The molecule has 1 aliphatic rings. The van der Waals surface area contributed by atoms with Crippen LogP contribution in [-0.4, -0.2) is 32.8 Å². The van der Waals surface area contributed by atoms with Gasteiger partial charge in [0.25, 0.3) is 5.91 Å². The topological polar surface area (TPSA) is 84.2 Å². The van der Waals surface area contributed by atoms with Gasteiger partial charge in [0.15, 0.2) is 5.69 Å². The number of carbonyl (C=O) groups is 2. The standard InChI is InChI=1S/C13H19N3O3/c1-16-8-10(13(18)19)11(15-16)12(17)14-9-6-4-2-3-5-7-9/h8-9H,2-7H2,1H3,(H,14,17)(H,18,19). The summed E-state index contributed by atoms with van der Waals surface area (Å²) in [5, 5.41) is 15.9. The van der Waals surface area contributed by atoms with Gasteiger partial charge in [-0.3, -0.25) is 9.48 Å². The molecular weight excluding hydrogens is 246 g/mol. The van der Waals surface area contributed by atoms with Gasteiger partial charge in [0, 0.05) is 19.3 Å².